The van der Waals surface area contributed by atoms with Crippen molar-refractivity contribution in [3.05, 3.63) is 56.5 Å². The Morgan fingerprint density at radius 2 is 1.62 bits per heavy atom. The molecular formula is C16H15FN4O3. The first kappa shape index (κ1) is 15.9. The second-order valence-electron chi connectivity index (χ2n) is 5.57. The van der Waals surface area contributed by atoms with Gasteiger partial charge in [0.05, 0.1) is 17.8 Å². The van der Waals surface area contributed by atoms with Crippen LogP contribution in [0.4, 0.5) is 15.9 Å². The van der Waals surface area contributed by atoms with E-state index in [-0.39, 0.29) is 29.4 Å². The van der Waals surface area contributed by atoms with E-state index in [2.05, 4.69) is 4.99 Å². The van der Waals surface area contributed by atoms with Crippen LogP contribution in [0.2, 0.25) is 0 Å². The largest absolute Gasteiger partial charge is 0.332 e. The SMILES string of the molecule is CN1C(=O)CC(=Nc2ccc(F)cc2)c2c1n(C)c(=O)n(C)c2=O. The van der Waals surface area contributed by atoms with Gasteiger partial charge in [-0.25, -0.2) is 9.18 Å². The Morgan fingerprint density at radius 1 is 1.00 bits per heavy atom. The lowest BCUT2D eigenvalue weighted by atomic mass is 10.0. The van der Waals surface area contributed by atoms with E-state index in [9.17, 15) is 18.8 Å². The van der Waals surface area contributed by atoms with E-state index in [1.807, 2.05) is 0 Å². The molecule has 0 unspecified atom stereocenters. The van der Waals surface area contributed by atoms with Crippen molar-refractivity contribution >= 4 is 23.1 Å². The topological polar surface area (TPSA) is 76.7 Å². The summed E-state index contributed by atoms with van der Waals surface area (Å²) in [6.45, 7) is 0. The summed E-state index contributed by atoms with van der Waals surface area (Å²) >= 11 is 0. The summed E-state index contributed by atoms with van der Waals surface area (Å²) in [7, 11) is 4.37. The van der Waals surface area contributed by atoms with Crippen molar-refractivity contribution in [2.45, 2.75) is 6.42 Å². The van der Waals surface area contributed by atoms with Crippen LogP contribution < -0.4 is 16.1 Å². The highest BCUT2D eigenvalue weighted by atomic mass is 19.1. The molecule has 0 saturated carbocycles. The number of hydrogen-bond acceptors (Lipinski definition) is 4. The smallest absolute Gasteiger partial charge is 0.300 e. The van der Waals surface area contributed by atoms with Crippen LogP contribution >= 0.6 is 0 Å². The Labute approximate surface area is 136 Å². The first-order valence-corrected chi connectivity index (χ1v) is 7.21. The predicted octanol–water partition coefficient (Wildman–Crippen LogP) is 0.710. The second kappa shape index (κ2) is 5.55. The molecule has 0 saturated heterocycles. The molecule has 0 fully saturated rings. The monoisotopic (exact) mass is 330 g/mol. The molecule has 1 aliphatic rings. The molecule has 7 nitrogen and oxygen atoms in total. The summed E-state index contributed by atoms with van der Waals surface area (Å²) in [4.78, 5) is 42.5. The number of fused-ring (bicyclic) bond motifs is 1. The third kappa shape index (κ3) is 2.36. The highest BCUT2D eigenvalue weighted by Gasteiger charge is 2.32. The molecule has 0 N–H and O–H groups in total. The first-order chi connectivity index (χ1) is 11.3. The Hall–Kier alpha value is -3.03. The Kier molecular flexibility index (Phi) is 3.67. The molecule has 1 amide bonds. The van der Waals surface area contributed by atoms with E-state index in [0.29, 0.717) is 5.69 Å². The molecule has 1 aliphatic heterocycles. The fourth-order valence-electron chi connectivity index (χ4n) is 2.71. The standard InChI is InChI=1S/C16H15FN4O3/c1-19-12(22)8-11(18-10-6-4-9(17)5-7-10)13-14(19)20(2)16(24)21(3)15(13)23/h4-7H,8H2,1-3H3. The van der Waals surface area contributed by atoms with Crippen molar-refractivity contribution in [3.63, 3.8) is 0 Å². The van der Waals surface area contributed by atoms with Crippen LogP contribution in [-0.2, 0) is 18.9 Å². The van der Waals surface area contributed by atoms with Gasteiger partial charge in [-0.15, -0.1) is 0 Å². The van der Waals surface area contributed by atoms with Crippen LogP contribution in [-0.4, -0.2) is 27.8 Å². The molecular weight excluding hydrogens is 315 g/mol. The van der Waals surface area contributed by atoms with Gasteiger partial charge < -0.3 is 4.90 Å². The number of hydrogen-bond donors (Lipinski definition) is 0. The molecule has 1 aromatic carbocycles. The second-order valence-corrected chi connectivity index (χ2v) is 5.57. The minimum Gasteiger partial charge on any atom is -0.300 e. The molecule has 0 radical (unpaired) electrons. The molecule has 8 heteroatoms. The molecule has 24 heavy (non-hydrogen) atoms. The molecule has 0 aliphatic carbocycles. The van der Waals surface area contributed by atoms with Crippen LogP contribution in [0.5, 0.6) is 0 Å². The minimum absolute atomic E-state index is 0.0751. The number of halogens is 1. The predicted molar refractivity (Wildman–Crippen MR) is 87.5 cm³/mol. The Bertz CT molecular complexity index is 986. The number of anilines is 1. The summed E-state index contributed by atoms with van der Waals surface area (Å²) in [6.07, 6.45) is -0.0751. The van der Waals surface area contributed by atoms with Crippen LogP contribution in [0.3, 0.4) is 0 Å². The zero-order valence-corrected chi connectivity index (χ0v) is 13.4. The quantitative estimate of drug-likeness (QED) is 0.773. The number of benzene rings is 1. The van der Waals surface area contributed by atoms with E-state index in [4.69, 9.17) is 0 Å². The lowest BCUT2D eigenvalue weighted by Crippen LogP contribution is -2.48. The van der Waals surface area contributed by atoms with Crippen molar-refractivity contribution in [2.75, 3.05) is 11.9 Å². The average Bonchev–Trinajstić information content (AvgIpc) is 2.56. The number of carbonyl (C=O) groups excluding carboxylic acids is 1. The fourth-order valence-corrected chi connectivity index (χ4v) is 2.71. The Morgan fingerprint density at radius 3 is 2.25 bits per heavy atom. The summed E-state index contributed by atoms with van der Waals surface area (Å²) in [5.41, 5.74) is -0.165. The van der Waals surface area contributed by atoms with Crippen LogP contribution in [0.25, 0.3) is 0 Å². The lowest BCUT2D eigenvalue weighted by Gasteiger charge is -2.28. The highest BCUT2D eigenvalue weighted by Crippen LogP contribution is 2.25. The molecule has 0 bridgehead atoms. The van der Waals surface area contributed by atoms with Crippen molar-refractivity contribution in [1.29, 1.82) is 0 Å². The number of aliphatic imine (C=N–C) groups is 1. The van der Waals surface area contributed by atoms with Crippen molar-refractivity contribution in [2.24, 2.45) is 19.1 Å². The average molecular weight is 330 g/mol. The van der Waals surface area contributed by atoms with Crippen molar-refractivity contribution < 1.29 is 9.18 Å². The molecule has 1 aromatic heterocycles. The Balaban J connectivity index is 2.32. The van der Waals surface area contributed by atoms with Gasteiger partial charge in [0.2, 0.25) is 5.91 Å². The van der Waals surface area contributed by atoms with Crippen molar-refractivity contribution in [3.8, 4) is 0 Å². The zero-order valence-electron chi connectivity index (χ0n) is 13.4. The molecule has 3 rings (SSSR count). The number of rotatable bonds is 1. The third-order valence-corrected chi connectivity index (χ3v) is 4.02. The number of carbonyl (C=O) groups is 1. The maximum atomic E-state index is 13.0. The van der Waals surface area contributed by atoms with Gasteiger partial charge in [-0.3, -0.25) is 23.7 Å². The fraction of sp³-hybridized carbons (Fsp3) is 0.250. The van der Waals surface area contributed by atoms with Gasteiger partial charge in [0.15, 0.2) is 0 Å². The summed E-state index contributed by atoms with van der Waals surface area (Å²) in [5, 5.41) is 0. The number of nitrogens with zero attached hydrogens (tertiary/aromatic N) is 4. The molecule has 124 valence electrons. The van der Waals surface area contributed by atoms with Gasteiger partial charge in [-0.1, -0.05) is 0 Å². The van der Waals surface area contributed by atoms with Crippen molar-refractivity contribution in [1.82, 2.24) is 9.13 Å². The lowest BCUT2D eigenvalue weighted by molar-refractivity contribution is -0.117. The maximum Gasteiger partial charge on any atom is 0.332 e. The van der Waals surface area contributed by atoms with E-state index < -0.39 is 17.1 Å². The highest BCUT2D eigenvalue weighted by molar-refractivity contribution is 6.21. The van der Waals surface area contributed by atoms with Crippen LogP contribution in [0, 0.1) is 5.82 Å². The number of amides is 1. The summed E-state index contributed by atoms with van der Waals surface area (Å²) in [6, 6.07) is 5.40. The normalized spacial score (nSPS) is 15.8. The van der Waals surface area contributed by atoms with Gasteiger partial charge in [0.25, 0.3) is 5.56 Å². The molecule has 0 spiro atoms. The van der Waals surface area contributed by atoms with Gasteiger partial charge in [0, 0.05) is 21.1 Å². The first-order valence-electron chi connectivity index (χ1n) is 7.21. The summed E-state index contributed by atoms with van der Waals surface area (Å²) < 4.78 is 15.3. The van der Waals surface area contributed by atoms with Gasteiger partial charge in [0.1, 0.15) is 17.2 Å². The van der Waals surface area contributed by atoms with Gasteiger partial charge >= 0.3 is 5.69 Å². The van der Waals surface area contributed by atoms with E-state index >= 15 is 0 Å². The molecule has 2 aromatic rings. The molecule has 0 atom stereocenters. The zero-order chi connectivity index (χ0) is 17.6. The number of aromatic nitrogens is 2. The summed E-state index contributed by atoms with van der Waals surface area (Å²) in [5.74, 6) is -0.482. The van der Waals surface area contributed by atoms with Gasteiger partial charge in [-0.2, -0.15) is 0 Å². The van der Waals surface area contributed by atoms with E-state index in [0.717, 1.165) is 4.57 Å². The van der Waals surface area contributed by atoms with Gasteiger partial charge in [-0.05, 0) is 24.3 Å². The van der Waals surface area contributed by atoms with Crippen LogP contribution in [0.1, 0.15) is 12.0 Å². The van der Waals surface area contributed by atoms with Crippen LogP contribution in [0.15, 0.2) is 38.8 Å². The minimum atomic E-state index is -0.526. The molecule has 2 heterocycles. The maximum absolute atomic E-state index is 13.0. The third-order valence-electron chi connectivity index (χ3n) is 4.02. The van der Waals surface area contributed by atoms with E-state index in [1.54, 1.807) is 0 Å². The van der Waals surface area contributed by atoms with E-state index in [1.165, 1.54) is 54.9 Å².